The van der Waals surface area contributed by atoms with Gasteiger partial charge in [-0.15, -0.1) is 11.3 Å². The standard InChI is InChI=1S/C22H25N3O2S/c1-5-25(14-16-6-10-18(11-7-16)24(2)3)22(26)20-15-28-21(23-20)17-8-12-19(27-4)13-9-17/h6-13,15H,5,14H2,1-4H3. The summed E-state index contributed by atoms with van der Waals surface area (Å²) in [5.74, 6) is 0.754. The number of ether oxygens (including phenoxy) is 1. The SMILES string of the molecule is CCN(Cc1ccc(N(C)C)cc1)C(=O)c1csc(-c2ccc(OC)cc2)n1. The number of carbonyl (C=O) groups excluding carboxylic acids is 1. The third-order valence-electron chi connectivity index (χ3n) is 4.56. The molecule has 5 nitrogen and oxygen atoms in total. The fourth-order valence-electron chi connectivity index (χ4n) is 2.85. The maximum absolute atomic E-state index is 12.9. The Labute approximate surface area is 170 Å². The van der Waals surface area contributed by atoms with Crippen molar-refractivity contribution < 1.29 is 9.53 Å². The zero-order valence-corrected chi connectivity index (χ0v) is 17.5. The molecular weight excluding hydrogens is 370 g/mol. The fraction of sp³-hybridized carbons (Fsp3) is 0.273. The molecule has 1 aromatic heterocycles. The second-order valence-electron chi connectivity index (χ2n) is 6.65. The summed E-state index contributed by atoms with van der Waals surface area (Å²) >= 11 is 1.48. The van der Waals surface area contributed by atoms with Gasteiger partial charge in [-0.25, -0.2) is 4.98 Å². The Kier molecular flexibility index (Phi) is 6.31. The quantitative estimate of drug-likeness (QED) is 0.589. The maximum Gasteiger partial charge on any atom is 0.273 e. The number of aromatic nitrogens is 1. The Bertz CT molecular complexity index is 918. The molecule has 0 aliphatic carbocycles. The van der Waals surface area contributed by atoms with E-state index in [1.165, 1.54) is 11.3 Å². The smallest absolute Gasteiger partial charge is 0.273 e. The molecule has 0 atom stereocenters. The Morgan fingerprint density at radius 3 is 2.32 bits per heavy atom. The number of nitrogens with zero attached hydrogens (tertiary/aromatic N) is 3. The first-order chi connectivity index (χ1) is 13.5. The van der Waals surface area contributed by atoms with Gasteiger partial charge in [-0.2, -0.15) is 0 Å². The van der Waals surface area contributed by atoms with Crippen molar-refractivity contribution in [3.63, 3.8) is 0 Å². The third-order valence-corrected chi connectivity index (χ3v) is 5.45. The zero-order valence-electron chi connectivity index (χ0n) is 16.7. The molecule has 0 unspecified atom stereocenters. The van der Waals surface area contributed by atoms with Gasteiger partial charge in [-0.05, 0) is 48.9 Å². The predicted octanol–water partition coefficient (Wildman–Crippen LogP) is 4.55. The monoisotopic (exact) mass is 395 g/mol. The highest BCUT2D eigenvalue weighted by Gasteiger charge is 2.18. The summed E-state index contributed by atoms with van der Waals surface area (Å²) in [6.07, 6.45) is 0. The van der Waals surface area contributed by atoms with Crippen LogP contribution in [-0.2, 0) is 6.54 Å². The van der Waals surface area contributed by atoms with Crippen LogP contribution in [0.25, 0.3) is 10.6 Å². The molecule has 6 heteroatoms. The lowest BCUT2D eigenvalue weighted by Gasteiger charge is -2.20. The Balaban J connectivity index is 1.73. The predicted molar refractivity (Wildman–Crippen MR) is 115 cm³/mol. The Morgan fingerprint density at radius 2 is 1.75 bits per heavy atom. The van der Waals surface area contributed by atoms with Crippen LogP contribution < -0.4 is 9.64 Å². The van der Waals surface area contributed by atoms with Gasteiger partial charge in [0.25, 0.3) is 5.91 Å². The van der Waals surface area contributed by atoms with Gasteiger partial charge in [0.1, 0.15) is 16.5 Å². The molecule has 28 heavy (non-hydrogen) atoms. The highest BCUT2D eigenvalue weighted by Crippen LogP contribution is 2.26. The lowest BCUT2D eigenvalue weighted by molar-refractivity contribution is 0.0747. The number of anilines is 1. The highest BCUT2D eigenvalue weighted by atomic mass is 32.1. The molecule has 0 aliphatic rings. The van der Waals surface area contributed by atoms with E-state index in [2.05, 4.69) is 34.1 Å². The molecule has 0 aliphatic heterocycles. The summed E-state index contributed by atoms with van der Waals surface area (Å²) in [7, 11) is 5.67. The summed E-state index contributed by atoms with van der Waals surface area (Å²) in [5.41, 5.74) is 3.71. The lowest BCUT2D eigenvalue weighted by Crippen LogP contribution is -2.30. The van der Waals surface area contributed by atoms with Crippen molar-refractivity contribution in [2.45, 2.75) is 13.5 Å². The van der Waals surface area contributed by atoms with E-state index in [-0.39, 0.29) is 5.91 Å². The summed E-state index contributed by atoms with van der Waals surface area (Å²) in [6.45, 7) is 3.19. The maximum atomic E-state index is 12.9. The minimum atomic E-state index is -0.0461. The van der Waals surface area contributed by atoms with E-state index >= 15 is 0 Å². The van der Waals surface area contributed by atoms with Crippen molar-refractivity contribution in [1.29, 1.82) is 0 Å². The second-order valence-corrected chi connectivity index (χ2v) is 7.50. The van der Waals surface area contributed by atoms with Crippen LogP contribution in [0.15, 0.2) is 53.9 Å². The first kappa shape index (κ1) is 19.9. The van der Waals surface area contributed by atoms with Crippen molar-refractivity contribution in [2.24, 2.45) is 0 Å². The van der Waals surface area contributed by atoms with Crippen LogP contribution >= 0.6 is 11.3 Å². The highest BCUT2D eigenvalue weighted by molar-refractivity contribution is 7.13. The third kappa shape index (κ3) is 4.51. The van der Waals surface area contributed by atoms with Crippen molar-refractivity contribution in [2.75, 3.05) is 32.6 Å². The summed E-state index contributed by atoms with van der Waals surface area (Å²) < 4.78 is 5.19. The molecule has 0 saturated carbocycles. The van der Waals surface area contributed by atoms with Crippen molar-refractivity contribution in [3.05, 3.63) is 65.2 Å². The number of hydrogen-bond donors (Lipinski definition) is 0. The van der Waals surface area contributed by atoms with Gasteiger partial charge in [-0.3, -0.25) is 4.79 Å². The van der Waals surface area contributed by atoms with Gasteiger partial charge >= 0.3 is 0 Å². The van der Waals surface area contributed by atoms with E-state index in [1.807, 2.05) is 55.6 Å². The lowest BCUT2D eigenvalue weighted by atomic mass is 10.2. The topological polar surface area (TPSA) is 45.7 Å². The first-order valence-electron chi connectivity index (χ1n) is 9.17. The molecule has 2 aromatic carbocycles. The number of methoxy groups -OCH3 is 1. The molecule has 1 amide bonds. The number of carbonyl (C=O) groups is 1. The molecule has 0 bridgehead atoms. The summed E-state index contributed by atoms with van der Waals surface area (Å²) in [6, 6.07) is 16.0. The average molecular weight is 396 g/mol. The Hall–Kier alpha value is -2.86. The fourth-order valence-corrected chi connectivity index (χ4v) is 3.65. The molecular formula is C22H25N3O2S. The molecule has 3 rings (SSSR count). The summed E-state index contributed by atoms with van der Waals surface area (Å²) in [4.78, 5) is 21.4. The van der Waals surface area contributed by atoms with E-state index in [0.29, 0.717) is 18.8 Å². The van der Waals surface area contributed by atoms with Crippen LogP contribution in [-0.4, -0.2) is 43.5 Å². The number of rotatable bonds is 7. The average Bonchev–Trinajstić information content (AvgIpc) is 3.22. The minimum absolute atomic E-state index is 0.0461. The van der Waals surface area contributed by atoms with Gasteiger partial charge < -0.3 is 14.5 Å². The van der Waals surface area contributed by atoms with Crippen LogP contribution in [0.5, 0.6) is 5.75 Å². The molecule has 0 fully saturated rings. The van der Waals surface area contributed by atoms with E-state index in [0.717, 1.165) is 27.6 Å². The molecule has 1 heterocycles. The summed E-state index contributed by atoms with van der Waals surface area (Å²) in [5, 5.41) is 2.66. The van der Waals surface area contributed by atoms with E-state index in [4.69, 9.17) is 4.74 Å². The van der Waals surface area contributed by atoms with Gasteiger partial charge in [0, 0.05) is 43.8 Å². The number of thiazole rings is 1. The minimum Gasteiger partial charge on any atom is -0.497 e. The number of hydrogen-bond acceptors (Lipinski definition) is 5. The van der Waals surface area contributed by atoms with Crippen LogP contribution in [0.4, 0.5) is 5.69 Å². The van der Waals surface area contributed by atoms with Crippen molar-refractivity contribution in [3.8, 4) is 16.3 Å². The molecule has 0 N–H and O–H groups in total. The van der Waals surface area contributed by atoms with Gasteiger partial charge in [-0.1, -0.05) is 12.1 Å². The van der Waals surface area contributed by atoms with Crippen LogP contribution in [0.3, 0.4) is 0 Å². The molecule has 3 aromatic rings. The van der Waals surface area contributed by atoms with E-state index in [9.17, 15) is 4.79 Å². The largest absolute Gasteiger partial charge is 0.497 e. The molecule has 146 valence electrons. The number of amides is 1. The van der Waals surface area contributed by atoms with Gasteiger partial charge in [0.15, 0.2) is 0 Å². The molecule has 0 saturated heterocycles. The van der Waals surface area contributed by atoms with Gasteiger partial charge in [0.2, 0.25) is 0 Å². The van der Waals surface area contributed by atoms with Crippen LogP contribution in [0.2, 0.25) is 0 Å². The molecule has 0 spiro atoms. The number of benzene rings is 2. The van der Waals surface area contributed by atoms with Gasteiger partial charge in [0.05, 0.1) is 7.11 Å². The zero-order chi connectivity index (χ0) is 20.1. The van der Waals surface area contributed by atoms with Crippen molar-refractivity contribution in [1.82, 2.24) is 9.88 Å². The van der Waals surface area contributed by atoms with Crippen LogP contribution in [0, 0.1) is 0 Å². The normalized spacial score (nSPS) is 10.6. The Morgan fingerprint density at radius 1 is 1.07 bits per heavy atom. The van der Waals surface area contributed by atoms with E-state index < -0.39 is 0 Å². The van der Waals surface area contributed by atoms with Crippen molar-refractivity contribution >= 4 is 22.9 Å². The van der Waals surface area contributed by atoms with Crippen LogP contribution in [0.1, 0.15) is 23.0 Å². The molecule has 0 radical (unpaired) electrons. The van der Waals surface area contributed by atoms with E-state index in [1.54, 1.807) is 7.11 Å². The first-order valence-corrected chi connectivity index (χ1v) is 10.0. The second kappa shape index (κ2) is 8.89.